The van der Waals surface area contributed by atoms with E-state index in [2.05, 4.69) is 72.4 Å². The van der Waals surface area contributed by atoms with Gasteiger partial charge in [-0.3, -0.25) is 0 Å². The van der Waals surface area contributed by atoms with Crippen LogP contribution in [0.4, 0.5) is 0 Å². The van der Waals surface area contributed by atoms with Crippen LogP contribution >= 0.6 is 0 Å². The average molecular weight is 1920 g/mol. The zero-order valence-electron chi connectivity index (χ0n) is 81.1. The van der Waals surface area contributed by atoms with Gasteiger partial charge in [0.15, 0.2) is 23.0 Å². The van der Waals surface area contributed by atoms with Crippen molar-refractivity contribution in [3.05, 3.63) is 316 Å². The predicted molar refractivity (Wildman–Crippen MR) is 537 cm³/mol. The molecule has 0 N–H and O–H groups in total. The van der Waals surface area contributed by atoms with Crippen LogP contribution in [0, 0.1) is 0 Å². The van der Waals surface area contributed by atoms with Gasteiger partial charge in [-0.2, -0.15) is 0 Å². The molecule has 0 aliphatic carbocycles. The summed E-state index contributed by atoms with van der Waals surface area (Å²) < 4.78 is 108. The summed E-state index contributed by atoms with van der Waals surface area (Å²) in [5.41, 5.74) is 3.85. The van der Waals surface area contributed by atoms with E-state index in [1.165, 1.54) is 0 Å². The van der Waals surface area contributed by atoms with Crippen LogP contribution in [0.3, 0.4) is 0 Å². The summed E-state index contributed by atoms with van der Waals surface area (Å²) in [4.78, 5) is 103. The first kappa shape index (κ1) is 112. The van der Waals surface area contributed by atoms with Gasteiger partial charge in [-0.15, -0.1) is 0 Å². The van der Waals surface area contributed by atoms with Gasteiger partial charge in [0.1, 0.15) is 172 Å². The number of carbonyl (C=O) groups is 9. The molecule has 0 aromatic heterocycles. The van der Waals surface area contributed by atoms with E-state index in [0.29, 0.717) is 127 Å². The second-order valence-electron chi connectivity index (χ2n) is 30.9. The Bertz CT molecular complexity index is 5870. The Labute approximate surface area is 815 Å². The van der Waals surface area contributed by atoms with Gasteiger partial charge in [0.25, 0.3) is 0 Å². The molecule has 740 valence electrons. The monoisotopic (exact) mass is 1920 g/mol. The van der Waals surface area contributed by atoms with E-state index in [1.54, 1.807) is 74.4 Å². The largest absolute Gasteiger partial charge is 0.490 e. The van der Waals surface area contributed by atoms with E-state index >= 15 is 0 Å². The molecule has 0 saturated carbocycles. The van der Waals surface area contributed by atoms with E-state index < -0.39 is 53.7 Å². The third-order valence-corrected chi connectivity index (χ3v) is 18.5. The molecule has 29 heteroatoms. The highest BCUT2D eigenvalue weighted by atomic mass is 16.6. The highest BCUT2D eigenvalue weighted by Gasteiger charge is 2.19. The van der Waals surface area contributed by atoms with Crippen LogP contribution in [0.2, 0.25) is 0 Å². The van der Waals surface area contributed by atoms with Crippen LogP contribution in [-0.4, -0.2) is 186 Å². The van der Waals surface area contributed by atoms with Crippen LogP contribution < -0.4 is 47.4 Å². The average Bonchev–Trinajstić information content (AvgIpc) is 0.823. The lowest BCUT2D eigenvalue weighted by molar-refractivity contribution is -0.140. The number of benzene rings is 10. The summed E-state index contributed by atoms with van der Waals surface area (Å²) >= 11 is 0. The number of ether oxygens (including phenoxy) is 20. The first-order valence-corrected chi connectivity index (χ1v) is 44.3. The quantitative estimate of drug-likeness (QED) is 0.00853. The normalized spacial score (nSPS) is 10.2. The van der Waals surface area contributed by atoms with E-state index in [4.69, 9.17) is 94.7 Å². The predicted octanol–water partition coefficient (Wildman–Crippen LogP) is 20.2. The Balaban J connectivity index is 0.000000268. The van der Waals surface area contributed by atoms with Gasteiger partial charge in [0.05, 0.1) is 5.39 Å². The maximum atomic E-state index is 11.5. The Kier molecular flexibility index (Phi) is 48.3. The van der Waals surface area contributed by atoms with E-state index in [1.807, 2.05) is 177 Å². The molecule has 10 rings (SSSR count). The summed E-state index contributed by atoms with van der Waals surface area (Å²) in [5.74, 6) is 2.40. The van der Waals surface area contributed by atoms with Crippen molar-refractivity contribution in [3.8, 4) is 57.5 Å². The van der Waals surface area contributed by atoms with Gasteiger partial charge in [-0.1, -0.05) is 194 Å². The van der Waals surface area contributed by atoms with Crippen molar-refractivity contribution in [3.63, 3.8) is 0 Å². The minimum atomic E-state index is -0.461. The first-order valence-electron chi connectivity index (χ1n) is 44.3. The van der Waals surface area contributed by atoms with Crippen molar-refractivity contribution in [2.24, 2.45) is 0 Å². The molecule has 10 aromatic rings. The highest BCUT2D eigenvalue weighted by Crippen LogP contribution is 2.39. The highest BCUT2D eigenvalue weighted by molar-refractivity contribution is 5.96. The lowest BCUT2D eigenvalue weighted by Gasteiger charge is -2.15. The van der Waals surface area contributed by atoms with Crippen molar-refractivity contribution in [1.82, 2.24) is 0 Å². The minimum absolute atomic E-state index is 0.0879. The number of hydrogen-bond donors (Lipinski definition) is 0. The lowest BCUT2D eigenvalue weighted by atomic mass is 10.1. The summed E-state index contributed by atoms with van der Waals surface area (Å²) in [6.07, 6.45) is 0. The van der Waals surface area contributed by atoms with Gasteiger partial charge < -0.3 is 94.7 Å². The zero-order valence-corrected chi connectivity index (χ0v) is 81.1. The fraction of sp³-hybridized carbons (Fsp3) is 0.270. The molecule has 0 aliphatic rings. The molecule has 0 fully saturated rings. The minimum Gasteiger partial charge on any atom is -0.490 e. The van der Waals surface area contributed by atoms with Gasteiger partial charge in [0, 0.05) is 72.4 Å². The molecule has 0 heterocycles. The van der Waals surface area contributed by atoms with Gasteiger partial charge in [0.2, 0.25) is 0 Å². The molecule has 0 unspecified atom stereocenters. The molecule has 10 aromatic carbocycles. The molecular formula is C111H122O29. The van der Waals surface area contributed by atoms with Crippen LogP contribution in [-0.2, 0) is 90.5 Å². The fourth-order valence-electron chi connectivity index (χ4n) is 11.4. The van der Waals surface area contributed by atoms with Crippen LogP contribution in [0.1, 0.15) is 69.2 Å². The number of esters is 9. The molecule has 0 radical (unpaired) electrons. The lowest BCUT2D eigenvalue weighted by Crippen LogP contribution is -2.14. The second-order valence-corrected chi connectivity index (χ2v) is 30.9. The molecule has 0 atom stereocenters. The van der Waals surface area contributed by atoms with E-state index in [-0.39, 0.29) is 119 Å². The number of fused-ring (bicyclic) bond motifs is 5. The molecular weight excluding hydrogens is 1800 g/mol. The zero-order chi connectivity index (χ0) is 103. The molecule has 0 aliphatic heterocycles. The number of allylic oxidation sites excluding steroid dienone is 1. The standard InChI is InChI=1S/C23H26O5.4C22H24O6/c1-16(2)18(5)25-12-13-26-20-10-6-8-19-9-7-11-21(22(19)20)27-14-15-28-23(24)17(3)4;1-15(2)21(23)27-12-10-25-18-9-8-17-6-5-7-20(19(17)14-18)26-11-13-28-22(24)16(3)4;1-15(2)21(23)27-11-9-25-18-13-17-7-5-6-8-19(17)20(14-18)26-10-12-28-22(24)16(3)4;1-15(2)21(23)27-11-9-25-19-13-17-7-5-6-8-18(17)14-20(19)26-10-12-28-22(24)16(3)4;1-15(2)21(23)27-13-11-25-19-10-9-17-7-5-6-8-18(17)20(19)26-12-14-28-22(24)16(3)4/h6-11H,1,3,5,12-15H2,2,4H3;5-9,14H,1,3,10-13H2,2,4H3;2*5-8,13-14H,1,3,9-12H2,2,4H3;5-10H,1,3,11-14H2,2,4H3. The fourth-order valence-corrected chi connectivity index (χ4v) is 11.4. The molecule has 29 nitrogen and oxygen atoms in total. The smallest absolute Gasteiger partial charge is 0.333 e. The van der Waals surface area contributed by atoms with Gasteiger partial charge in [-0.25, -0.2) is 43.2 Å². The SMILES string of the molecule is C=C(C)C(=C)OCCOc1cccc2cccc(OCCOC(=O)C(=C)C)c12.C=C(C)C(=O)OCCOc1cc(OCCOC(=O)C(=C)C)c2ccccc2c1.C=C(C)C(=O)OCCOc1cc2ccccc2cc1OCCOC(=O)C(=C)C.C=C(C)C(=O)OCCOc1ccc2cccc(OCCOC(=O)C(=C)C)c2c1.C=C(C)C(=O)OCCOc1ccc2ccccc2c1OCCOC(=O)C(=C)C. The Morgan fingerprint density at radius 1 is 0.186 bits per heavy atom. The second kappa shape index (κ2) is 60.2. The Morgan fingerprint density at radius 2 is 0.464 bits per heavy atom. The van der Waals surface area contributed by atoms with Gasteiger partial charge >= 0.3 is 53.7 Å². The summed E-state index contributed by atoms with van der Waals surface area (Å²) in [6, 6.07) is 57.0. The third kappa shape index (κ3) is 39.9. The van der Waals surface area contributed by atoms with Crippen molar-refractivity contribution >= 4 is 108 Å². The molecule has 0 spiro atoms. The van der Waals surface area contributed by atoms with Crippen molar-refractivity contribution < 1.29 is 138 Å². The number of hydrogen-bond acceptors (Lipinski definition) is 29. The maximum absolute atomic E-state index is 11.5. The Hall–Kier alpha value is -16.3. The van der Waals surface area contributed by atoms with Crippen molar-refractivity contribution in [2.75, 3.05) is 132 Å². The van der Waals surface area contributed by atoms with Crippen molar-refractivity contribution in [2.45, 2.75) is 69.2 Å². The van der Waals surface area contributed by atoms with Crippen LogP contribution in [0.5, 0.6) is 57.5 Å². The van der Waals surface area contributed by atoms with Crippen LogP contribution in [0.15, 0.2) is 316 Å². The first-order chi connectivity index (χ1) is 66.9. The third-order valence-electron chi connectivity index (χ3n) is 18.5. The molecule has 140 heavy (non-hydrogen) atoms. The summed E-state index contributed by atoms with van der Waals surface area (Å²) in [7, 11) is 0. The van der Waals surface area contributed by atoms with Crippen molar-refractivity contribution in [1.29, 1.82) is 0 Å². The molecule has 0 saturated heterocycles. The summed E-state index contributed by atoms with van der Waals surface area (Å²) in [5, 5.41) is 9.36. The Morgan fingerprint density at radius 3 is 0.850 bits per heavy atom. The van der Waals surface area contributed by atoms with E-state index in [9.17, 15) is 43.2 Å². The molecule has 0 amide bonds. The van der Waals surface area contributed by atoms with E-state index in [0.717, 1.165) is 59.4 Å². The maximum Gasteiger partial charge on any atom is 0.333 e. The topological polar surface area (TPSA) is 338 Å². The number of rotatable bonds is 51. The number of carbonyl (C=O) groups excluding carboxylic acids is 9. The van der Waals surface area contributed by atoms with Crippen LogP contribution in [0.25, 0.3) is 53.9 Å². The molecule has 0 bridgehead atoms. The summed E-state index contributed by atoms with van der Waals surface area (Å²) in [6.45, 7) is 58.9. The van der Waals surface area contributed by atoms with Gasteiger partial charge in [-0.05, 0) is 162 Å².